The first-order chi connectivity index (χ1) is 13.8. The summed E-state index contributed by atoms with van der Waals surface area (Å²) < 4.78 is 2.17. The van der Waals surface area contributed by atoms with E-state index in [1.807, 2.05) is 36.7 Å². The van der Waals surface area contributed by atoms with E-state index in [1.54, 1.807) is 18.3 Å². The molecule has 0 amide bonds. The molecule has 1 N–H and O–H groups in total. The molecule has 0 bridgehead atoms. The van der Waals surface area contributed by atoms with E-state index in [1.165, 1.54) is 12.3 Å². The molecule has 7 heteroatoms. The summed E-state index contributed by atoms with van der Waals surface area (Å²) in [5, 5.41) is 9.33. The summed E-state index contributed by atoms with van der Waals surface area (Å²) in [6.07, 6.45) is 6.81. The molecule has 1 aromatic carbocycles. The normalized spacial score (nSPS) is 10.1. The largest absolute Gasteiger partial charge is 0.477 e. The van der Waals surface area contributed by atoms with Crippen molar-refractivity contribution in [3.8, 4) is 5.69 Å². The van der Waals surface area contributed by atoms with Crippen LogP contribution in [-0.4, -0.2) is 30.6 Å². The Bertz CT molecular complexity index is 1190. The van der Waals surface area contributed by atoms with E-state index < -0.39 is 5.97 Å². The van der Waals surface area contributed by atoms with Crippen molar-refractivity contribution in [3.63, 3.8) is 0 Å². The van der Waals surface area contributed by atoms with Gasteiger partial charge in [-0.3, -0.25) is 4.98 Å². The standard InChI is InChI=1S/C16H10N3.C6H5NO2.Ir/c1-2-5-12(6-3-1)19-14-7-4-9-18-16(14)13-8-10-17-11-15(13)19;8-6(9)5-3-1-2-4-7-5;/h1-7,9-11H;1-4H,(H,8,9);/q-1;;. The van der Waals surface area contributed by atoms with Gasteiger partial charge in [0.05, 0.1) is 0 Å². The second kappa shape index (κ2) is 9.19. The number of aromatic nitrogens is 4. The van der Waals surface area contributed by atoms with Gasteiger partial charge in [0, 0.05) is 43.7 Å². The molecule has 0 saturated heterocycles. The molecular formula is C22H15IrN4O2-. The number of carboxylic acids is 1. The molecule has 0 unspecified atom stereocenters. The van der Waals surface area contributed by atoms with Gasteiger partial charge in [-0.2, -0.15) is 6.07 Å². The van der Waals surface area contributed by atoms with Crippen LogP contribution in [-0.2, 0) is 20.1 Å². The SMILES string of the molecule is O=C(O)c1ccccn1.[Ir].[c-]1cncc2c1c1ncccc1n2-c1ccccc1. The monoisotopic (exact) mass is 560 g/mol. The van der Waals surface area contributed by atoms with Gasteiger partial charge in [0.2, 0.25) is 0 Å². The van der Waals surface area contributed by atoms with Crippen molar-refractivity contribution in [1.29, 1.82) is 0 Å². The van der Waals surface area contributed by atoms with Crippen LogP contribution in [0.1, 0.15) is 10.5 Å². The molecule has 0 fully saturated rings. The van der Waals surface area contributed by atoms with Crippen LogP contribution in [0.2, 0.25) is 0 Å². The minimum Gasteiger partial charge on any atom is -0.477 e. The average molecular weight is 560 g/mol. The van der Waals surface area contributed by atoms with Crippen molar-refractivity contribution < 1.29 is 30.0 Å². The maximum atomic E-state index is 10.1. The Hall–Kier alpha value is -3.41. The summed E-state index contributed by atoms with van der Waals surface area (Å²) >= 11 is 0. The molecule has 0 saturated carbocycles. The van der Waals surface area contributed by atoms with Gasteiger partial charge >= 0.3 is 5.97 Å². The molecule has 4 heterocycles. The van der Waals surface area contributed by atoms with Crippen molar-refractivity contribution in [1.82, 2.24) is 19.5 Å². The van der Waals surface area contributed by atoms with Gasteiger partial charge in [-0.15, -0.1) is 5.39 Å². The zero-order valence-electron chi connectivity index (χ0n) is 15.1. The maximum Gasteiger partial charge on any atom is 0.354 e. The third kappa shape index (κ3) is 4.21. The van der Waals surface area contributed by atoms with Crippen LogP contribution in [0.4, 0.5) is 0 Å². The van der Waals surface area contributed by atoms with E-state index >= 15 is 0 Å². The topological polar surface area (TPSA) is 80.9 Å². The quantitative estimate of drug-likeness (QED) is 0.329. The Morgan fingerprint density at radius 1 is 0.897 bits per heavy atom. The van der Waals surface area contributed by atoms with E-state index in [0.717, 1.165) is 27.6 Å². The van der Waals surface area contributed by atoms with Crippen LogP contribution in [0.5, 0.6) is 0 Å². The average Bonchev–Trinajstić information content (AvgIpc) is 3.10. The Kier molecular flexibility index (Phi) is 6.44. The molecule has 145 valence electrons. The number of nitrogens with zero attached hydrogens (tertiary/aromatic N) is 4. The van der Waals surface area contributed by atoms with Crippen molar-refractivity contribution in [2.24, 2.45) is 0 Å². The van der Waals surface area contributed by atoms with Gasteiger partial charge in [0.1, 0.15) is 5.69 Å². The van der Waals surface area contributed by atoms with Crippen LogP contribution >= 0.6 is 0 Å². The third-order valence-corrected chi connectivity index (χ3v) is 4.14. The fraction of sp³-hybridized carbons (Fsp3) is 0. The Morgan fingerprint density at radius 2 is 1.66 bits per heavy atom. The van der Waals surface area contributed by atoms with Gasteiger partial charge in [0.15, 0.2) is 0 Å². The molecule has 0 aliphatic rings. The molecule has 1 radical (unpaired) electrons. The maximum absolute atomic E-state index is 10.1. The van der Waals surface area contributed by atoms with Crippen LogP contribution in [0.15, 0.2) is 85.5 Å². The molecule has 6 nitrogen and oxygen atoms in total. The summed E-state index contributed by atoms with van der Waals surface area (Å²) in [5.41, 5.74) is 4.26. The number of para-hydroxylation sites is 1. The van der Waals surface area contributed by atoms with Crippen LogP contribution < -0.4 is 0 Å². The number of fused-ring (bicyclic) bond motifs is 3. The fourth-order valence-electron chi connectivity index (χ4n) is 2.95. The van der Waals surface area contributed by atoms with Crippen molar-refractivity contribution in [2.75, 3.05) is 0 Å². The van der Waals surface area contributed by atoms with Crippen molar-refractivity contribution in [3.05, 3.63) is 97.2 Å². The van der Waals surface area contributed by atoms with Gasteiger partial charge < -0.3 is 14.7 Å². The first-order valence-corrected chi connectivity index (χ1v) is 8.56. The Morgan fingerprint density at radius 3 is 2.34 bits per heavy atom. The second-order valence-corrected chi connectivity index (χ2v) is 5.87. The van der Waals surface area contributed by atoms with Gasteiger partial charge in [-0.05, 0) is 59.8 Å². The summed E-state index contributed by atoms with van der Waals surface area (Å²) in [6.45, 7) is 0. The molecule has 0 spiro atoms. The van der Waals surface area contributed by atoms with Gasteiger partial charge in [-0.1, -0.05) is 24.3 Å². The van der Waals surface area contributed by atoms with Crippen LogP contribution in [0.3, 0.4) is 0 Å². The molecule has 0 aliphatic carbocycles. The van der Waals surface area contributed by atoms with Crippen LogP contribution in [0, 0.1) is 6.07 Å². The van der Waals surface area contributed by atoms with Crippen LogP contribution in [0.25, 0.3) is 27.6 Å². The molecule has 5 rings (SSSR count). The molecular weight excluding hydrogens is 544 g/mol. The number of rotatable bonds is 2. The number of hydrogen-bond acceptors (Lipinski definition) is 4. The molecule has 4 aromatic heterocycles. The van der Waals surface area contributed by atoms with Crippen molar-refractivity contribution >= 4 is 27.9 Å². The van der Waals surface area contributed by atoms with Gasteiger partial charge in [0.25, 0.3) is 0 Å². The Labute approximate surface area is 180 Å². The van der Waals surface area contributed by atoms with Gasteiger partial charge in [-0.25, -0.2) is 9.78 Å². The summed E-state index contributed by atoms with van der Waals surface area (Å²) in [4.78, 5) is 22.4. The Balaban J connectivity index is 0.000000205. The van der Waals surface area contributed by atoms with E-state index in [9.17, 15) is 4.79 Å². The van der Waals surface area contributed by atoms with E-state index in [4.69, 9.17) is 5.11 Å². The van der Waals surface area contributed by atoms with E-state index in [0.29, 0.717) is 0 Å². The zero-order chi connectivity index (χ0) is 19.3. The predicted octanol–water partition coefficient (Wildman–Crippen LogP) is 4.15. The predicted molar refractivity (Wildman–Crippen MR) is 106 cm³/mol. The smallest absolute Gasteiger partial charge is 0.354 e. The third-order valence-electron chi connectivity index (χ3n) is 4.14. The van der Waals surface area contributed by atoms with E-state index in [2.05, 4.69) is 43.8 Å². The summed E-state index contributed by atoms with van der Waals surface area (Å²) in [5.74, 6) is -0.990. The number of aromatic carboxylic acids is 1. The number of carboxylic acid groups (broad SMARTS) is 1. The number of benzene rings is 1. The summed E-state index contributed by atoms with van der Waals surface area (Å²) in [7, 11) is 0. The number of hydrogen-bond donors (Lipinski definition) is 1. The molecule has 5 aromatic rings. The second-order valence-electron chi connectivity index (χ2n) is 5.87. The molecule has 0 aliphatic heterocycles. The number of carbonyl (C=O) groups is 1. The molecule has 0 atom stereocenters. The number of pyridine rings is 3. The van der Waals surface area contributed by atoms with E-state index in [-0.39, 0.29) is 25.8 Å². The first kappa shape index (κ1) is 20.3. The molecule has 29 heavy (non-hydrogen) atoms. The summed E-state index contributed by atoms with van der Waals surface area (Å²) in [6, 6.07) is 22.2. The minimum atomic E-state index is -0.990. The first-order valence-electron chi connectivity index (χ1n) is 8.56. The fourth-order valence-corrected chi connectivity index (χ4v) is 2.95. The zero-order valence-corrected chi connectivity index (χ0v) is 17.5. The van der Waals surface area contributed by atoms with Crippen molar-refractivity contribution in [2.45, 2.75) is 0 Å². The minimum absolute atomic E-state index is 0.